The summed E-state index contributed by atoms with van der Waals surface area (Å²) in [4.78, 5) is 10.9. The van der Waals surface area contributed by atoms with Crippen LogP contribution in [0.4, 0.5) is 0 Å². The second kappa shape index (κ2) is 7.01. The standard InChI is InChI=1S/C20H19NO3/c1-20(2,3)17-6-4-5-7-18(17)24-16-10-8-14(9-11-16)12-15(13-21)19(22)23/h4-12H,1-3H3,(H,22,23). The highest BCUT2D eigenvalue weighted by molar-refractivity contribution is 5.96. The second-order valence-corrected chi connectivity index (χ2v) is 6.39. The van der Waals surface area contributed by atoms with E-state index in [0.29, 0.717) is 11.3 Å². The van der Waals surface area contributed by atoms with Crippen LogP contribution in [-0.2, 0) is 10.2 Å². The lowest BCUT2D eigenvalue weighted by Crippen LogP contribution is -2.12. The number of carboxylic acid groups (broad SMARTS) is 1. The molecule has 0 bridgehead atoms. The van der Waals surface area contributed by atoms with Crippen molar-refractivity contribution in [2.24, 2.45) is 0 Å². The van der Waals surface area contributed by atoms with Crippen LogP contribution >= 0.6 is 0 Å². The SMILES string of the molecule is CC(C)(C)c1ccccc1Oc1ccc(C=C(C#N)C(=O)O)cc1. The minimum Gasteiger partial charge on any atom is -0.477 e. The fourth-order valence-corrected chi connectivity index (χ4v) is 2.24. The number of carbonyl (C=O) groups is 1. The van der Waals surface area contributed by atoms with Gasteiger partial charge in [0.05, 0.1) is 0 Å². The summed E-state index contributed by atoms with van der Waals surface area (Å²) in [7, 11) is 0. The van der Waals surface area contributed by atoms with Crippen LogP contribution in [0.25, 0.3) is 6.08 Å². The summed E-state index contributed by atoms with van der Waals surface area (Å²) in [5, 5.41) is 17.7. The van der Waals surface area contributed by atoms with Gasteiger partial charge in [-0.25, -0.2) is 4.79 Å². The van der Waals surface area contributed by atoms with E-state index in [1.165, 1.54) is 6.08 Å². The Morgan fingerprint density at radius 2 is 1.75 bits per heavy atom. The molecule has 0 amide bonds. The quantitative estimate of drug-likeness (QED) is 0.650. The van der Waals surface area contributed by atoms with Gasteiger partial charge in [0.1, 0.15) is 23.1 Å². The van der Waals surface area contributed by atoms with Crippen molar-refractivity contribution in [1.82, 2.24) is 0 Å². The molecule has 4 heteroatoms. The third-order valence-corrected chi connectivity index (χ3v) is 3.46. The van der Waals surface area contributed by atoms with Gasteiger partial charge in [-0.3, -0.25) is 0 Å². The first-order chi connectivity index (χ1) is 11.3. The summed E-state index contributed by atoms with van der Waals surface area (Å²) in [5.74, 6) is 0.200. The Bertz CT molecular complexity index is 806. The van der Waals surface area contributed by atoms with Gasteiger partial charge in [-0.05, 0) is 35.3 Å². The smallest absolute Gasteiger partial charge is 0.346 e. The zero-order valence-electron chi connectivity index (χ0n) is 13.9. The fourth-order valence-electron chi connectivity index (χ4n) is 2.24. The number of para-hydroxylation sites is 1. The van der Waals surface area contributed by atoms with Crippen molar-refractivity contribution in [3.8, 4) is 17.6 Å². The molecule has 0 fully saturated rings. The lowest BCUT2D eigenvalue weighted by molar-refractivity contribution is -0.132. The van der Waals surface area contributed by atoms with Crippen LogP contribution in [0.15, 0.2) is 54.1 Å². The minimum absolute atomic E-state index is 0.0392. The molecule has 0 aliphatic heterocycles. The molecule has 122 valence electrons. The average Bonchev–Trinajstić information content (AvgIpc) is 2.53. The molecule has 0 aromatic heterocycles. The van der Waals surface area contributed by atoms with E-state index in [9.17, 15) is 4.79 Å². The van der Waals surface area contributed by atoms with E-state index in [2.05, 4.69) is 20.8 Å². The number of benzene rings is 2. The minimum atomic E-state index is -1.24. The van der Waals surface area contributed by atoms with Crippen molar-refractivity contribution in [3.63, 3.8) is 0 Å². The van der Waals surface area contributed by atoms with Crippen molar-refractivity contribution in [2.75, 3.05) is 0 Å². The largest absolute Gasteiger partial charge is 0.477 e. The van der Waals surface area contributed by atoms with E-state index in [-0.39, 0.29) is 11.0 Å². The first kappa shape index (κ1) is 17.3. The highest BCUT2D eigenvalue weighted by atomic mass is 16.5. The summed E-state index contributed by atoms with van der Waals surface area (Å²) in [6, 6.07) is 16.5. The van der Waals surface area contributed by atoms with E-state index < -0.39 is 5.97 Å². The van der Waals surface area contributed by atoms with E-state index in [4.69, 9.17) is 15.1 Å². The number of hydrogen-bond acceptors (Lipinski definition) is 3. The third kappa shape index (κ3) is 4.23. The van der Waals surface area contributed by atoms with Crippen LogP contribution < -0.4 is 4.74 Å². The van der Waals surface area contributed by atoms with Crippen molar-refractivity contribution in [3.05, 3.63) is 65.2 Å². The monoisotopic (exact) mass is 321 g/mol. The first-order valence-corrected chi connectivity index (χ1v) is 7.54. The van der Waals surface area contributed by atoms with Crippen molar-refractivity contribution in [1.29, 1.82) is 5.26 Å². The van der Waals surface area contributed by atoms with Crippen molar-refractivity contribution in [2.45, 2.75) is 26.2 Å². The van der Waals surface area contributed by atoms with Gasteiger partial charge in [0.25, 0.3) is 0 Å². The molecule has 0 saturated carbocycles. The van der Waals surface area contributed by atoms with Crippen LogP contribution in [0, 0.1) is 11.3 Å². The molecule has 1 N–H and O–H groups in total. The van der Waals surface area contributed by atoms with Gasteiger partial charge in [0.15, 0.2) is 0 Å². The van der Waals surface area contributed by atoms with E-state index in [0.717, 1.165) is 11.3 Å². The maximum Gasteiger partial charge on any atom is 0.346 e. The molecule has 2 aromatic carbocycles. The molecule has 0 aliphatic rings. The Labute approximate surface area is 141 Å². The highest BCUT2D eigenvalue weighted by Gasteiger charge is 2.18. The zero-order chi connectivity index (χ0) is 17.7. The maximum atomic E-state index is 10.9. The van der Waals surface area contributed by atoms with Gasteiger partial charge in [0.2, 0.25) is 0 Å². The molecule has 24 heavy (non-hydrogen) atoms. The van der Waals surface area contributed by atoms with Crippen LogP contribution in [0.1, 0.15) is 31.9 Å². The number of carboxylic acids is 1. The van der Waals surface area contributed by atoms with E-state index in [1.807, 2.05) is 24.3 Å². The number of nitriles is 1. The third-order valence-electron chi connectivity index (χ3n) is 3.46. The lowest BCUT2D eigenvalue weighted by Gasteiger charge is -2.22. The number of aliphatic carboxylic acids is 1. The Kier molecular flexibility index (Phi) is 5.05. The zero-order valence-corrected chi connectivity index (χ0v) is 13.9. The van der Waals surface area contributed by atoms with Gasteiger partial charge in [-0.15, -0.1) is 0 Å². The highest BCUT2D eigenvalue weighted by Crippen LogP contribution is 2.34. The molecule has 0 spiro atoms. The predicted molar refractivity (Wildman–Crippen MR) is 92.9 cm³/mol. The van der Waals surface area contributed by atoms with E-state index in [1.54, 1.807) is 30.3 Å². The molecule has 0 saturated heterocycles. The maximum absolute atomic E-state index is 10.9. The first-order valence-electron chi connectivity index (χ1n) is 7.54. The molecular formula is C20H19NO3. The van der Waals surface area contributed by atoms with Gasteiger partial charge < -0.3 is 9.84 Å². The Hall–Kier alpha value is -3.06. The Balaban J connectivity index is 2.25. The Morgan fingerprint density at radius 3 is 2.29 bits per heavy atom. The average molecular weight is 321 g/mol. The summed E-state index contributed by atoms with van der Waals surface area (Å²) in [6.07, 6.45) is 1.33. The van der Waals surface area contributed by atoms with Crippen LogP contribution in [0.5, 0.6) is 11.5 Å². The van der Waals surface area contributed by atoms with Gasteiger partial charge in [-0.2, -0.15) is 5.26 Å². The Morgan fingerprint density at radius 1 is 1.12 bits per heavy atom. The van der Waals surface area contributed by atoms with Crippen molar-refractivity contribution < 1.29 is 14.6 Å². The number of nitrogens with zero attached hydrogens (tertiary/aromatic N) is 1. The van der Waals surface area contributed by atoms with E-state index >= 15 is 0 Å². The second-order valence-electron chi connectivity index (χ2n) is 6.39. The van der Waals surface area contributed by atoms with Crippen molar-refractivity contribution >= 4 is 12.0 Å². The number of ether oxygens (including phenoxy) is 1. The van der Waals surface area contributed by atoms with Gasteiger partial charge >= 0.3 is 5.97 Å². The number of rotatable bonds is 4. The lowest BCUT2D eigenvalue weighted by atomic mass is 9.86. The molecule has 2 aromatic rings. The van der Waals surface area contributed by atoms with Crippen LogP contribution in [-0.4, -0.2) is 11.1 Å². The molecular weight excluding hydrogens is 302 g/mol. The molecule has 2 rings (SSSR count). The fraction of sp³-hybridized carbons (Fsp3) is 0.200. The molecule has 4 nitrogen and oxygen atoms in total. The molecule has 0 heterocycles. The topological polar surface area (TPSA) is 70.3 Å². The summed E-state index contributed by atoms with van der Waals surface area (Å²) in [5.41, 5.74) is 1.39. The predicted octanol–water partition coefficient (Wildman–Crippen LogP) is 4.77. The number of hydrogen-bond donors (Lipinski definition) is 1. The van der Waals surface area contributed by atoms with Gasteiger partial charge in [0, 0.05) is 5.56 Å². The molecule has 0 atom stereocenters. The van der Waals surface area contributed by atoms with Crippen LogP contribution in [0.3, 0.4) is 0 Å². The molecule has 0 radical (unpaired) electrons. The van der Waals surface area contributed by atoms with Gasteiger partial charge in [-0.1, -0.05) is 51.1 Å². The normalized spacial score (nSPS) is 11.7. The summed E-state index contributed by atoms with van der Waals surface area (Å²) in [6.45, 7) is 6.37. The molecule has 0 unspecified atom stereocenters. The summed E-state index contributed by atoms with van der Waals surface area (Å²) >= 11 is 0. The molecule has 0 aliphatic carbocycles. The summed E-state index contributed by atoms with van der Waals surface area (Å²) < 4.78 is 5.97. The van der Waals surface area contributed by atoms with Crippen LogP contribution in [0.2, 0.25) is 0 Å².